The molecule has 0 aliphatic carbocycles. The molecule has 2 heterocycles. The molecule has 0 unspecified atom stereocenters. The van der Waals surface area contributed by atoms with Crippen LogP contribution in [0.2, 0.25) is 0 Å². The molecule has 3 aromatic carbocycles. The fraction of sp³-hybridized carbons (Fsp3) is 0.0385. The summed E-state index contributed by atoms with van der Waals surface area (Å²) in [5, 5.41) is 0.675. The predicted molar refractivity (Wildman–Crippen MR) is 143 cm³/mol. The zero-order valence-electron chi connectivity index (χ0n) is 19.8. The Hall–Kier alpha value is -3.81. The standard InChI is InChI=1S/C26H16F4N4O2S3/c1-37-26-31-13-12-20(32-26)23-22(33-25(38-23)14-6-2-3-8-16(14)27)15-7-4-11-19(21(15)30)34-39(35,36)24-17(28)9-5-10-18(24)29/h2-13,34H,1H3. The molecule has 6 nitrogen and oxygen atoms in total. The summed E-state index contributed by atoms with van der Waals surface area (Å²) in [5.41, 5.74) is -0.0549. The molecule has 1 N–H and O–H groups in total. The van der Waals surface area contributed by atoms with Crippen molar-refractivity contribution < 1.29 is 26.0 Å². The van der Waals surface area contributed by atoms with Crippen molar-refractivity contribution in [3.63, 3.8) is 0 Å². The van der Waals surface area contributed by atoms with Gasteiger partial charge in [0.1, 0.15) is 22.5 Å². The van der Waals surface area contributed by atoms with Gasteiger partial charge >= 0.3 is 0 Å². The summed E-state index contributed by atoms with van der Waals surface area (Å²) in [7, 11) is -4.84. The highest BCUT2D eigenvalue weighted by Gasteiger charge is 2.27. The van der Waals surface area contributed by atoms with Gasteiger partial charge in [-0.25, -0.2) is 40.9 Å². The van der Waals surface area contributed by atoms with Crippen LogP contribution in [-0.4, -0.2) is 29.6 Å². The lowest BCUT2D eigenvalue weighted by Gasteiger charge is -2.12. The molecule has 0 aliphatic rings. The van der Waals surface area contributed by atoms with E-state index in [0.29, 0.717) is 15.7 Å². The quantitative estimate of drug-likeness (QED) is 0.125. The summed E-state index contributed by atoms with van der Waals surface area (Å²) >= 11 is 2.35. The monoisotopic (exact) mass is 588 g/mol. The maximum atomic E-state index is 15.9. The van der Waals surface area contributed by atoms with Gasteiger partial charge in [-0.05, 0) is 48.7 Å². The summed E-state index contributed by atoms with van der Waals surface area (Å²) in [6.45, 7) is 0. The van der Waals surface area contributed by atoms with Crippen LogP contribution in [0.15, 0.2) is 83.0 Å². The predicted octanol–water partition coefficient (Wildman–Crippen LogP) is 7.01. The Bertz CT molecular complexity index is 1790. The van der Waals surface area contributed by atoms with Crippen LogP contribution < -0.4 is 4.72 Å². The average molecular weight is 589 g/mol. The lowest BCUT2D eigenvalue weighted by molar-refractivity contribution is 0.521. The second kappa shape index (κ2) is 10.8. The highest BCUT2D eigenvalue weighted by molar-refractivity contribution is 7.98. The minimum atomic E-state index is -4.84. The van der Waals surface area contributed by atoms with E-state index in [4.69, 9.17) is 0 Å². The maximum absolute atomic E-state index is 15.9. The summed E-state index contributed by atoms with van der Waals surface area (Å²) < 4.78 is 86.4. The van der Waals surface area contributed by atoms with Crippen molar-refractivity contribution in [2.24, 2.45) is 0 Å². The Kier molecular flexibility index (Phi) is 7.38. The van der Waals surface area contributed by atoms with Crippen LogP contribution in [0.1, 0.15) is 0 Å². The number of halogens is 4. The molecule has 0 saturated heterocycles. The minimum absolute atomic E-state index is 0.0691. The van der Waals surface area contributed by atoms with Crippen LogP contribution in [0.25, 0.3) is 32.4 Å². The first kappa shape index (κ1) is 26.8. The van der Waals surface area contributed by atoms with Crippen LogP contribution in [0.4, 0.5) is 23.2 Å². The van der Waals surface area contributed by atoms with Crippen molar-refractivity contribution >= 4 is 38.8 Å². The number of benzene rings is 3. The zero-order chi connectivity index (χ0) is 27.7. The Labute approximate surface area is 228 Å². The van der Waals surface area contributed by atoms with E-state index < -0.39 is 43.9 Å². The number of nitrogens with one attached hydrogen (secondary N) is 1. The first-order chi connectivity index (χ1) is 18.7. The summed E-state index contributed by atoms with van der Waals surface area (Å²) in [6.07, 6.45) is 3.30. The van der Waals surface area contributed by atoms with E-state index in [1.807, 2.05) is 4.72 Å². The highest BCUT2D eigenvalue weighted by atomic mass is 32.2. The number of thioether (sulfide) groups is 1. The third-order valence-electron chi connectivity index (χ3n) is 5.47. The van der Waals surface area contributed by atoms with Crippen molar-refractivity contribution in [1.82, 2.24) is 15.0 Å². The molecular formula is C26H16F4N4O2S3. The largest absolute Gasteiger partial charge is 0.276 e. The molecule has 198 valence electrons. The topological polar surface area (TPSA) is 84.8 Å². The molecule has 0 spiro atoms. The van der Waals surface area contributed by atoms with Crippen LogP contribution in [0.5, 0.6) is 0 Å². The number of sulfonamides is 1. The first-order valence-corrected chi connectivity index (χ1v) is 14.6. The molecular weight excluding hydrogens is 573 g/mol. The average Bonchev–Trinajstić information content (AvgIpc) is 3.35. The molecule has 0 bridgehead atoms. The Morgan fingerprint density at radius 3 is 2.21 bits per heavy atom. The normalized spacial score (nSPS) is 11.5. The van der Waals surface area contributed by atoms with E-state index in [1.54, 1.807) is 18.4 Å². The Morgan fingerprint density at radius 1 is 0.821 bits per heavy atom. The summed E-state index contributed by atoms with van der Waals surface area (Å²) in [6, 6.07) is 13.9. The van der Waals surface area contributed by atoms with E-state index in [9.17, 15) is 21.6 Å². The first-order valence-electron chi connectivity index (χ1n) is 11.1. The zero-order valence-corrected chi connectivity index (χ0v) is 22.3. The molecule has 2 aromatic heterocycles. The molecule has 5 aromatic rings. The fourth-order valence-electron chi connectivity index (χ4n) is 3.72. The SMILES string of the molecule is CSc1nccc(-c2sc(-c3ccccc3F)nc2-c2cccc(NS(=O)(=O)c3c(F)cccc3F)c2F)n1. The number of rotatable bonds is 7. The Balaban J connectivity index is 1.66. The summed E-state index contributed by atoms with van der Waals surface area (Å²) in [4.78, 5) is 12.2. The maximum Gasteiger partial charge on any atom is 0.267 e. The van der Waals surface area contributed by atoms with E-state index in [-0.39, 0.29) is 21.8 Å². The molecule has 5 rings (SSSR count). The van der Waals surface area contributed by atoms with Gasteiger partial charge in [0, 0.05) is 17.3 Å². The van der Waals surface area contributed by atoms with Gasteiger partial charge in [-0.1, -0.05) is 36.0 Å². The lowest BCUT2D eigenvalue weighted by atomic mass is 10.1. The number of aromatic nitrogens is 3. The van der Waals surface area contributed by atoms with Gasteiger partial charge < -0.3 is 0 Å². The molecule has 0 amide bonds. The number of thiazole rings is 1. The fourth-order valence-corrected chi connectivity index (χ4v) is 6.35. The van der Waals surface area contributed by atoms with Gasteiger partial charge in [0.25, 0.3) is 10.0 Å². The molecule has 0 fully saturated rings. The molecule has 0 radical (unpaired) electrons. The van der Waals surface area contributed by atoms with Crippen LogP contribution >= 0.6 is 23.1 Å². The second-order valence-electron chi connectivity index (χ2n) is 7.93. The Morgan fingerprint density at radius 2 is 1.49 bits per heavy atom. The highest BCUT2D eigenvalue weighted by Crippen LogP contribution is 2.42. The van der Waals surface area contributed by atoms with Crippen molar-refractivity contribution in [3.05, 3.63) is 96.2 Å². The van der Waals surface area contributed by atoms with E-state index in [2.05, 4.69) is 15.0 Å². The van der Waals surface area contributed by atoms with Crippen LogP contribution in [-0.2, 0) is 10.0 Å². The van der Waals surface area contributed by atoms with Gasteiger partial charge in [0.2, 0.25) is 0 Å². The van der Waals surface area contributed by atoms with E-state index in [1.165, 1.54) is 48.3 Å². The number of hydrogen-bond acceptors (Lipinski definition) is 7. The van der Waals surface area contributed by atoms with Gasteiger partial charge in [-0.2, -0.15) is 0 Å². The minimum Gasteiger partial charge on any atom is -0.276 e. The molecule has 39 heavy (non-hydrogen) atoms. The van der Waals surface area contributed by atoms with Crippen LogP contribution in [0.3, 0.4) is 0 Å². The summed E-state index contributed by atoms with van der Waals surface area (Å²) in [5.74, 6) is -4.25. The van der Waals surface area contributed by atoms with Crippen molar-refractivity contribution in [2.75, 3.05) is 11.0 Å². The van der Waals surface area contributed by atoms with E-state index >= 15 is 4.39 Å². The van der Waals surface area contributed by atoms with Crippen molar-refractivity contribution in [1.29, 1.82) is 0 Å². The third-order valence-corrected chi connectivity index (χ3v) is 8.56. The molecule has 0 saturated carbocycles. The third kappa shape index (κ3) is 5.24. The smallest absolute Gasteiger partial charge is 0.267 e. The van der Waals surface area contributed by atoms with Crippen molar-refractivity contribution in [3.8, 4) is 32.4 Å². The molecule has 13 heteroatoms. The lowest BCUT2D eigenvalue weighted by Crippen LogP contribution is -2.17. The number of hydrogen-bond donors (Lipinski definition) is 1. The number of anilines is 1. The van der Waals surface area contributed by atoms with Gasteiger partial charge in [-0.15, -0.1) is 11.3 Å². The van der Waals surface area contributed by atoms with Crippen LogP contribution in [0, 0.1) is 23.3 Å². The van der Waals surface area contributed by atoms with Gasteiger partial charge in [0.05, 0.1) is 22.0 Å². The van der Waals surface area contributed by atoms with E-state index in [0.717, 1.165) is 35.6 Å². The van der Waals surface area contributed by atoms with Crippen molar-refractivity contribution in [2.45, 2.75) is 10.1 Å². The number of nitrogens with zero attached hydrogens (tertiary/aromatic N) is 3. The molecule has 0 atom stereocenters. The second-order valence-corrected chi connectivity index (χ2v) is 11.3. The molecule has 0 aliphatic heterocycles. The van der Waals surface area contributed by atoms with Gasteiger partial charge in [-0.3, -0.25) is 4.72 Å². The van der Waals surface area contributed by atoms with Gasteiger partial charge in [0.15, 0.2) is 15.9 Å².